The number of sulfone groups is 1. The third kappa shape index (κ3) is 4.05. The molecule has 1 aliphatic carbocycles. The molecule has 0 radical (unpaired) electrons. The summed E-state index contributed by atoms with van der Waals surface area (Å²) in [5, 5.41) is 12.2. The van der Waals surface area contributed by atoms with Gasteiger partial charge in [-0.3, -0.25) is 4.79 Å². The lowest BCUT2D eigenvalue weighted by Crippen LogP contribution is -2.42. The van der Waals surface area contributed by atoms with Crippen LogP contribution in [0.4, 0.5) is 0 Å². The number of hydrogen-bond acceptors (Lipinski definition) is 6. The Balaban J connectivity index is 1.98. The predicted molar refractivity (Wildman–Crippen MR) is 79.9 cm³/mol. The molecule has 0 spiro atoms. The van der Waals surface area contributed by atoms with Crippen molar-refractivity contribution in [1.29, 1.82) is 0 Å². The number of carbonyl (C=O) groups excluding carboxylic acids is 1. The highest BCUT2D eigenvalue weighted by Gasteiger charge is 2.40. The fourth-order valence-electron chi connectivity index (χ4n) is 2.66. The maximum absolute atomic E-state index is 12.2. The van der Waals surface area contributed by atoms with Crippen LogP contribution in [0.5, 0.6) is 0 Å². The van der Waals surface area contributed by atoms with Gasteiger partial charge in [-0.2, -0.15) is 0 Å². The van der Waals surface area contributed by atoms with Gasteiger partial charge in [-0.05, 0) is 44.1 Å². The number of aliphatic hydroxyl groups is 1. The van der Waals surface area contributed by atoms with Gasteiger partial charge in [-0.1, -0.05) is 6.07 Å². The zero-order valence-corrected chi connectivity index (χ0v) is 13.6. The Hall–Kier alpha value is -0.920. The largest absolute Gasteiger partial charge is 0.466 e. The molecule has 118 valence electrons. The first-order valence-electron chi connectivity index (χ1n) is 7.01. The Kier molecular flexibility index (Phi) is 5.06. The van der Waals surface area contributed by atoms with Crippen LogP contribution >= 0.6 is 11.3 Å². The molecule has 0 bridgehead atoms. The molecule has 0 unspecified atom stereocenters. The van der Waals surface area contributed by atoms with Crippen LogP contribution in [0, 0.1) is 5.92 Å². The molecule has 1 N–H and O–H groups in total. The standard InChI is InChI=1S/C14H20O5S2/c1-2-19-13(15)11-5-7-14(16,8-6-11)10-21(17,18)12-4-3-9-20-12/h3-4,9,11,16H,2,5-8,10H2,1H3. The number of carbonyl (C=O) groups is 1. The van der Waals surface area contributed by atoms with Crippen molar-refractivity contribution < 1.29 is 23.1 Å². The van der Waals surface area contributed by atoms with Crippen LogP contribution in [0.1, 0.15) is 32.6 Å². The van der Waals surface area contributed by atoms with Gasteiger partial charge in [0.15, 0.2) is 9.84 Å². The van der Waals surface area contributed by atoms with E-state index in [-0.39, 0.29) is 21.8 Å². The maximum atomic E-state index is 12.2. The molecule has 0 aliphatic heterocycles. The molecule has 1 aromatic heterocycles. The van der Waals surface area contributed by atoms with Gasteiger partial charge in [-0.25, -0.2) is 8.42 Å². The zero-order chi connectivity index (χ0) is 15.5. The summed E-state index contributed by atoms with van der Waals surface area (Å²) in [6.45, 7) is 2.09. The van der Waals surface area contributed by atoms with Crippen LogP contribution in [-0.4, -0.2) is 37.5 Å². The number of ether oxygens (including phenoxy) is 1. The average Bonchev–Trinajstić information content (AvgIpc) is 2.93. The molecule has 1 heterocycles. The Morgan fingerprint density at radius 1 is 1.48 bits per heavy atom. The normalized spacial score (nSPS) is 26.5. The summed E-state index contributed by atoms with van der Waals surface area (Å²) >= 11 is 1.16. The summed E-state index contributed by atoms with van der Waals surface area (Å²) in [7, 11) is -3.47. The van der Waals surface area contributed by atoms with E-state index in [0.29, 0.717) is 32.3 Å². The summed E-state index contributed by atoms with van der Waals surface area (Å²) in [5.74, 6) is -0.758. The predicted octanol–water partition coefficient (Wildman–Crippen LogP) is 2.01. The van der Waals surface area contributed by atoms with Gasteiger partial charge >= 0.3 is 5.97 Å². The van der Waals surface area contributed by atoms with E-state index in [9.17, 15) is 18.3 Å². The zero-order valence-electron chi connectivity index (χ0n) is 11.9. The highest BCUT2D eigenvalue weighted by molar-refractivity contribution is 7.93. The lowest BCUT2D eigenvalue weighted by Gasteiger charge is -2.34. The third-order valence-corrected chi connectivity index (χ3v) is 7.18. The van der Waals surface area contributed by atoms with E-state index in [2.05, 4.69) is 0 Å². The second-order valence-electron chi connectivity index (χ2n) is 5.44. The Morgan fingerprint density at radius 2 is 2.14 bits per heavy atom. The van der Waals surface area contributed by atoms with E-state index in [1.165, 1.54) is 0 Å². The van der Waals surface area contributed by atoms with Crippen molar-refractivity contribution in [3.05, 3.63) is 17.5 Å². The first kappa shape index (κ1) is 16.5. The van der Waals surface area contributed by atoms with Crippen LogP contribution in [0.15, 0.2) is 21.7 Å². The Labute approximate surface area is 128 Å². The molecule has 1 saturated carbocycles. The molecule has 0 saturated heterocycles. The van der Waals surface area contributed by atoms with E-state index in [4.69, 9.17) is 4.74 Å². The summed E-state index contributed by atoms with van der Waals surface area (Å²) in [4.78, 5) is 11.7. The van der Waals surface area contributed by atoms with Crippen LogP contribution in [0.25, 0.3) is 0 Å². The van der Waals surface area contributed by atoms with Crippen molar-refractivity contribution in [2.45, 2.75) is 42.4 Å². The lowest BCUT2D eigenvalue weighted by molar-refractivity contribution is -0.150. The molecule has 0 amide bonds. The average molecular weight is 332 g/mol. The third-order valence-electron chi connectivity index (χ3n) is 3.80. The van der Waals surface area contributed by atoms with Gasteiger partial charge in [-0.15, -0.1) is 11.3 Å². The first-order chi connectivity index (χ1) is 9.86. The number of hydrogen-bond donors (Lipinski definition) is 1. The van der Waals surface area contributed by atoms with Crippen molar-refractivity contribution in [2.24, 2.45) is 5.92 Å². The highest BCUT2D eigenvalue weighted by Crippen LogP contribution is 2.35. The summed E-state index contributed by atoms with van der Waals surface area (Å²) < 4.78 is 29.7. The van der Waals surface area contributed by atoms with E-state index in [0.717, 1.165) is 11.3 Å². The summed E-state index contributed by atoms with van der Waals surface area (Å²) in [5.41, 5.74) is -1.24. The molecule has 2 rings (SSSR count). The van der Waals surface area contributed by atoms with Gasteiger partial charge in [0.2, 0.25) is 0 Å². The van der Waals surface area contributed by atoms with Gasteiger partial charge in [0, 0.05) is 0 Å². The molecular formula is C14H20O5S2. The molecule has 0 aromatic carbocycles. The second-order valence-corrected chi connectivity index (χ2v) is 8.61. The number of thiophene rings is 1. The maximum Gasteiger partial charge on any atom is 0.308 e. The van der Waals surface area contributed by atoms with E-state index in [1.807, 2.05) is 0 Å². The summed E-state index contributed by atoms with van der Waals surface area (Å²) in [6.07, 6.45) is 1.55. The molecule has 7 heteroatoms. The van der Waals surface area contributed by atoms with Crippen molar-refractivity contribution in [3.8, 4) is 0 Å². The molecule has 1 aliphatic rings. The minimum absolute atomic E-state index is 0.227. The van der Waals surface area contributed by atoms with Gasteiger partial charge in [0.05, 0.1) is 23.9 Å². The Bertz CT molecular complexity index is 569. The fourth-order valence-corrected chi connectivity index (χ4v) is 5.46. The fraction of sp³-hybridized carbons (Fsp3) is 0.643. The Morgan fingerprint density at radius 3 is 2.67 bits per heavy atom. The second kappa shape index (κ2) is 6.46. The molecule has 1 fully saturated rings. The van der Waals surface area contributed by atoms with Gasteiger partial charge < -0.3 is 9.84 Å². The molecule has 1 aromatic rings. The van der Waals surface area contributed by atoms with Crippen molar-refractivity contribution >= 4 is 27.1 Å². The number of rotatable bonds is 5. The van der Waals surface area contributed by atoms with Crippen LogP contribution < -0.4 is 0 Å². The van der Waals surface area contributed by atoms with E-state index >= 15 is 0 Å². The van der Waals surface area contributed by atoms with Crippen molar-refractivity contribution in [2.75, 3.05) is 12.4 Å². The van der Waals surface area contributed by atoms with Crippen molar-refractivity contribution in [1.82, 2.24) is 0 Å². The first-order valence-corrected chi connectivity index (χ1v) is 9.55. The summed E-state index contributed by atoms with van der Waals surface area (Å²) in [6, 6.07) is 3.23. The molecule has 5 nitrogen and oxygen atoms in total. The minimum atomic E-state index is -3.47. The van der Waals surface area contributed by atoms with Crippen molar-refractivity contribution in [3.63, 3.8) is 0 Å². The molecular weight excluding hydrogens is 312 g/mol. The highest BCUT2D eigenvalue weighted by atomic mass is 32.2. The van der Waals surface area contributed by atoms with E-state index < -0.39 is 15.4 Å². The monoisotopic (exact) mass is 332 g/mol. The topological polar surface area (TPSA) is 80.7 Å². The van der Waals surface area contributed by atoms with Crippen LogP contribution in [0.2, 0.25) is 0 Å². The van der Waals surface area contributed by atoms with Gasteiger partial charge in [0.25, 0.3) is 0 Å². The smallest absolute Gasteiger partial charge is 0.308 e. The van der Waals surface area contributed by atoms with Crippen LogP contribution in [-0.2, 0) is 19.4 Å². The van der Waals surface area contributed by atoms with Gasteiger partial charge in [0.1, 0.15) is 4.21 Å². The quantitative estimate of drug-likeness (QED) is 0.834. The SMILES string of the molecule is CCOC(=O)C1CCC(O)(CS(=O)(=O)c2cccs2)CC1. The number of esters is 1. The molecule has 0 atom stereocenters. The minimum Gasteiger partial charge on any atom is -0.466 e. The molecule has 21 heavy (non-hydrogen) atoms. The lowest BCUT2D eigenvalue weighted by atomic mass is 9.80. The van der Waals surface area contributed by atoms with Crippen LogP contribution in [0.3, 0.4) is 0 Å². The van der Waals surface area contributed by atoms with E-state index in [1.54, 1.807) is 24.4 Å².